The van der Waals surface area contributed by atoms with Crippen molar-refractivity contribution in [3.8, 4) is 0 Å². The monoisotopic (exact) mass is 355 g/mol. The minimum Gasteiger partial charge on any atom is -0.469 e. The summed E-state index contributed by atoms with van der Waals surface area (Å²) in [5.74, 6) is 1.30. The number of aryl methyl sites for hydroxylation is 1. The number of methoxy groups -OCH3 is 1. The Morgan fingerprint density at radius 2 is 1.64 bits per heavy atom. The van der Waals surface area contributed by atoms with E-state index in [2.05, 4.69) is 4.57 Å². The summed E-state index contributed by atoms with van der Waals surface area (Å²) in [6.45, 7) is 2.66. The van der Waals surface area contributed by atoms with Crippen molar-refractivity contribution >= 4 is 39.5 Å². The minimum atomic E-state index is -0.174. The number of aromatic nitrogens is 1. The molecule has 1 aromatic heterocycles. The van der Waals surface area contributed by atoms with Crippen LogP contribution in [-0.2, 0) is 16.1 Å². The van der Waals surface area contributed by atoms with E-state index in [0.717, 1.165) is 39.9 Å². The molecule has 0 fully saturated rings. The number of benzene rings is 2. The van der Waals surface area contributed by atoms with Crippen LogP contribution in [0.15, 0.2) is 53.3 Å². The Hall–Kier alpha value is -2.27. The van der Waals surface area contributed by atoms with E-state index in [9.17, 15) is 9.59 Å². The normalized spacial score (nSPS) is 12.4. The van der Waals surface area contributed by atoms with Gasteiger partial charge in [0.2, 0.25) is 0 Å². The number of rotatable bonds is 6. The quantitative estimate of drug-likeness (QED) is 0.384. The van der Waals surface area contributed by atoms with E-state index in [-0.39, 0.29) is 17.3 Å². The van der Waals surface area contributed by atoms with Crippen LogP contribution in [0.2, 0.25) is 0 Å². The minimum absolute atomic E-state index is 0.0782. The molecule has 1 unspecified atom stereocenters. The first-order valence-electron chi connectivity index (χ1n) is 8.29. The molecule has 0 aliphatic carbocycles. The number of pyridine rings is 1. The fourth-order valence-corrected chi connectivity index (χ4v) is 3.97. The summed E-state index contributed by atoms with van der Waals surface area (Å²) in [6.07, 6.45) is 0. The SMILES string of the molecule is COC(=O)C(C)CSCCn1c2ccccc2c(=O)c2ccccc21. The molecule has 0 N–H and O–H groups in total. The van der Waals surface area contributed by atoms with Crippen LogP contribution in [-0.4, -0.2) is 29.2 Å². The van der Waals surface area contributed by atoms with Gasteiger partial charge in [-0.2, -0.15) is 11.8 Å². The molecule has 1 atom stereocenters. The third kappa shape index (κ3) is 3.56. The van der Waals surface area contributed by atoms with E-state index in [1.807, 2.05) is 55.5 Å². The summed E-state index contributed by atoms with van der Waals surface area (Å²) >= 11 is 1.72. The van der Waals surface area contributed by atoms with Gasteiger partial charge < -0.3 is 9.30 Å². The van der Waals surface area contributed by atoms with E-state index >= 15 is 0 Å². The molecule has 4 nitrogen and oxygen atoms in total. The predicted molar refractivity (Wildman–Crippen MR) is 104 cm³/mol. The Morgan fingerprint density at radius 3 is 2.20 bits per heavy atom. The molecule has 0 spiro atoms. The van der Waals surface area contributed by atoms with Gasteiger partial charge >= 0.3 is 5.97 Å². The second-order valence-corrected chi connectivity index (χ2v) is 7.16. The highest BCUT2D eigenvalue weighted by Gasteiger charge is 2.13. The average molecular weight is 355 g/mol. The molecule has 2 aromatic carbocycles. The van der Waals surface area contributed by atoms with Gasteiger partial charge in [-0.05, 0) is 24.3 Å². The highest BCUT2D eigenvalue weighted by Crippen LogP contribution is 2.20. The first-order chi connectivity index (χ1) is 12.1. The molecule has 0 aliphatic rings. The zero-order valence-corrected chi connectivity index (χ0v) is 15.2. The number of ether oxygens (including phenoxy) is 1. The Labute approximate surface area is 150 Å². The van der Waals surface area contributed by atoms with E-state index in [1.54, 1.807) is 11.8 Å². The molecular formula is C20H21NO3S. The van der Waals surface area contributed by atoms with Gasteiger partial charge in [-0.1, -0.05) is 31.2 Å². The summed E-state index contributed by atoms with van der Waals surface area (Å²) in [4.78, 5) is 24.2. The molecule has 25 heavy (non-hydrogen) atoms. The summed E-state index contributed by atoms with van der Waals surface area (Å²) in [7, 11) is 1.42. The van der Waals surface area contributed by atoms with Crippen molar-refractivity contribution in [2.75, 3.05) is 18.6 Å². The van der Waals surface area contributed by atoms with Crippen molar-refractivity contribution in [1.29, 1.82) is 0 Å². The molecule has 1 heterocycles. The molecule has 0 aliphatic heterocycles. The Bertz CT molecular complexity index is 904. The summed E-state index contributed by atoms with van der Waals surface area (Å²) in [5, 5.41) is 1.49. The van der Waals surface area contributed by atoms with Gasteiger partial charge in [0, 0.05) is 28.8 Å². The molecule has 5 heteroatoms. The summed E-state index contributed by atoms with van der Waals surface area (Å²) in [5.41, 5.74) is 1.98. The Morgan fingerprint density at radius 1 is 1.08 bits per heavy atom. The highest BCUT2D eigenvalue weighted by atomic mass is 32.2. The van der Waals surface area contributed by atoms with Crippen LogP contribution in [0.25, 0.3) is 21.8 Å². The molecular weight excluding hydrogens is 334 g/mol. The van der Waals surface area contributed by atoms with Crippen molar-refractivity contribution < 1.29 is 9.53 Å². The van der Waals surface area contributed by atoms with Crippen LogP contribution in [0.1, 0.15) is 6.92 Å². The van der Waals surface area contributed by atoms with Gasteiger partial charge in [-0.3, -0.25) is 9.59 Å². The lowest BCUT2D eigenvalue weighted by atomic mass is 10.1. The predicted octanol–water partition coefficient (Wildman–Crippen LogP) is 3.70. The fraction of sp³-hybridized carbons (Fsp3) is 0.300. The van der Waals surface area contributed by atoms with Crippen LogP contribution < -0.4 is 5.43 Å². The first-order valence-corrected chi connectivity index (χ1v) is 9.45. The van der Waals surface area contributed by atoms with Crippen LogP contribution in [0, 0.1) is 5.92 Å². The Balaban J connectivity index is 1.88. The molecule has 130 valence electrons. The molecule has 0 saturated carbocycles. The number of fused-ring (bicyclic) bond motifs is 2. The van der Waals surface area contributed by atoms with Gasteiger partial charge in [0.25, 0.3) is 0 Å². The second-order valence-electron chi connectivity index (χ2n) is 6.01. The van der Waals surface area contributed by atoms with E-state index < -0.39 is 0 Å². The number of carbonyl (C=O) groups excluding carboxylic acids is 1. The zero-order chi connectivity index (χ0) is 17.8. The first kappa shape index (κ1) is 17.5. The van der Waals surface area contributed by atoms with Crippen LogP contribution in [0.5, 0.6) is 0 Å². The maximum Gasteiger partial charge on any atom is 0.309 e. The number of hydrogen-bond acceptors (Lipinski definition) is 4. The largest absolute Gasteiger partial charge is 0.469 e. The van der Waals surface area contributed by atoms with Crippen LogP contribution in [0.3, 0.4) is 0 Å². The molecule has 0 bridgehead atoms. The van der Waals surface area contributed by atoms with Gasteiger partial charge in [-0.25, -0.2) is 0 Å². The van der Waals surface area contributed by atoms with Gasteiger partial charge in [0.1, 0.15) is 0 Å². The van der Waals surface area contributed by atoms with E-state index in [4.69, 9.17) is 4.74 Å². The maximum absolute atomic E-state index is 12.7. The zero-order valence-electron chi connectivity index (χ0n) is 14.4. The lowest BCUT2D eigenvalue weighted by molar-refractivity contribution is -0.143. The van der Waals surface area contributed by atoms with Gasteiger partial charge in [0.15, 0.2) is 5.43 Å². The molecule has 3 aromatic rings. The topological polar surface area (TPSA) is 48.3 Å². The standard InChI is InChI=1S/C20H21NO3S/c1-14(20(23)24-2)13-25-12-11-21-17-9-5-3-7-15(17)19(22)16-8-4-6-10-18(16)21/h3-10,14H,11-13H2,1-2H3. The molecule has 3 rings (SSSR count). The lowest BCUT2D eigenvalue weighted by Crippen LogP contribution is -2.16. The highest BCUT2D eigenvalue weighted by molar-refractivity contribution is 7.99. The van der Waals surface area contributed by atoms with Crippen molar-refractivity contribution in [2.24, 2.45) is 5.92 Å². The average Bonchev–Trinajstić information content (AvgIpc) is 2.66. The number of carbonyl (C=O) groups is 1. The van der Waals surface area contributed by atoms with Crippen molar-refractivity contribution in [1.82, 2.24) is 4.57 Å². The van der Waals surface area contributed by atoms with Crippen molar-refractivity contribution in [3.05, 3.63) is 58.8 Å². The van der Waals surface area contributed by atoms with Gasteiger partial charge in [0.05, 0.1) is 24.1 Å². The number of thioether (sulfide) groups is 1. The third-order valence-electron chi connectivity index (χ3n) is 4.31. The fourth-order valence-electron chi connectivity index (χ4n) is 3.00. The van der Waals surface area contributed by atoms with E-state index in [0.29, 0.717) is 0 Å². The number of hydrogen-bond donors (Lipinski definition) is 0. The lowest BCUT2D eigenvalue weighted by Gasteiger charge is -2.15. The smallest absolute Gasteiger partial charge is 0.309 e. The van der Waals surface area contributed by atoms with Gasteiger partial charge in [-0.15, -0.1) is 0 Å². The van der Waals surface area contributed by atoms with Crippen molar-refractivity contribution in [2.45, 2.75) is 13.5 Å². The van der Waals surface area contributed by atoms with E-state index in [1.165, 1.54) is 7.11 Å². The molecule has 0 radical (unpaired) electrons. The number of nitrogens with zero attached hydrogens (tertiary/aromatic N) is 1. The molecule has 0 saturated heterocycles. The number of esters is 1. The van der Waals surface area contributed by atoms with Crippen LogP contribution in [0.4, 0.5) is 0 Å². The van der Waals surface area contributed by atoms with Crippen LogP contribution >= 0.6 is 11.8 Å². The summed E-state index contributed by atoms with van der Waals surface area (Å²) < 4.78 is 6.96. The van der Waals surface area contributed by atoms with Crippen molar-refractivity contribution in [3.63, 3.8) is 0 Å². The summed E-state index contributed by atoms with van der Waals surface area (Å²) in [6, 6.07) is 15.5. The Kier molecular flexibility index (Phi) is 5.43. The second kappa shape index (κ2) is 7.74. The maximum atomic E-state index is 12.7. The molecule has 0 amide bonds. The number of para-hydroxylation sites is 2. The third-order valence-corrected chi connectivity index (χ3v) is 5.52.